The van der Waals surface area contributed by atoms with Crippen LogP contribution in [0, 0.1) is 12.7 Å². The third kappa shape index (κ3) is 6.27. The number of amides is 2. The molecule has 0 saturated carbocycles. The summed E-state index contributed by atoms with van der Waals surface area (Å²) in [5.41, 5.74) is 5.26. The van der Waals surface area contributed by atoms with Gasteiger partial charge in [0.25, 0.3) is 0 Å². The van der Waals surface area contributed by atoms with E-state index in [0.717, 1.165) is 11.1 Å². The van der Waals surface area contributed by atoms with Crippen LogP contribution in [-0.4, -0.2) is 18.0 Å². The van der Waals surface area contributed by atoms with Gasteiger partial charge in [-0.2, -0.15) is 5.10 Å². The number of hydrogen-bond donors (Lipinski definition) is 2. The third-order valence-corrected chi connectivity index (χ3v) is 4.06. The molecule has 0 aromatic heterocycles. The summed E-state index contributed by atoms with van der Waals surface area (Å²) < 4.78 is 18.5. The van der Waals surface area contributed by atoms with Gasteiger partial charge in [-0.05, 0) is 72.1 Å². The monoisotopic (exact) mass is 405 g/mol. The van der Waals surface area contributed by atoms with E-state index < -0.39 is 11.8 Å². The lowest BCUT2D eigenvalue weighted by atomic mass is 10.2. The highest BCUT2D eigenvalue weighted by Gasteiger charge is 2.12. The van der Waals surface area contributed by atoms with Gasteiger partial charge >= 0.3 is 11.8 Å². The van der Waals surface area contributed by atoms with Crippen LogP contribution in [0.15, 0.2) is 77.9 Å². The van der Waals surface area contributed by atoms with Gasteiger partial charge in [-0.25, -0.2) is 9.82 Å². The zero-order valence-electron chi connectivity index (χ0n) is 16.3. The highest BCUT2D eigenvalue weighted by Crippen LogP contribution is 2.14. The highest BCUT2D eigenvalue weighted by molar-refractivity contribution is 6.39. The fourth-order valence-electron chi connectivity index (χ4n) is 2.52. The molecule has 3 aromatic rings. The number of hydrogen-bond acceptors (Lipinski definition) is 4. The maximum Gasteiger partial charge on any atom is 0.329 e. The van der Waals surface area contributed by atoms with Gasteiger partial charge in [0.15, 0.2) is 0 Å². The molecule has 2 amide bonds. The molecule has 0 fully saturated rings. The molecule has 0 spiro atoms. The van der Waals surface area contributed by atoms with Crippen LogP contribution in [0.1, 0.15) is 16.7 Å². The van der Waals surface area contributed by atoms with Crippen molar-refractivity contribution in [3.05, 3.63) is 95.3 Å². The molecule has 0 heterocycles. The molecule has 0 unspecified atom stereocenters. The second-order valence-corrected chi connectivity index (χ2v) is 6.51. The van der Waals surface area contributed by atoms with Crippen molar-refractivity contribution < 1.29 is 18.7 Å². The van der Waals surface area contributed by atoms with Crippen LogP contribution in [-0.2, 0) is 16.2 Å². The zero-order chi connectivity index (χ0) is 21.3. The molecular formula is C23H20FN3O3. The summed E-state index contributed by atoms with van der Waals surface area (Å²) in [7, 11) is 0. The van der Waals surface area contributed by atoms with Gasteiger partial charge in [0, 0.05) is 5.69 Å². The minimum atomic E-state index is -0.869. The first-order chi connectivity index (χ1) is 14.5. The number of halogens is 1. The van der Waals surface area contributed by atoms with E-state index in [1.54, 1.807) is 54.6 Å². The molecule has 30 heavy (non-hydrogen) atoms. The summed E-state index contributed by atoms with van der Waals surface area (Å²) in [4.78, 5) is 23.7. The molecular weight excluding hydrogens is 385 g/mol. The molecule has 152 valence electrons. The Hall–Kier alpha value is -4.00. The molecule has 2 N–H and O–H groups in total. The van der Waals surface area contributed by atoms with Crippen LogP contribution in [0.5, 0.6) is 5.75 Å². The van der Waals surface area contributed by atoms with Gasteiger partial charge in [-0.1, -0.05) is 24.3 Å². The average molecular weight is 405 g/mol. The molecule has 0 bridgehead atoms. The third-order valence-electron chi connectivity index (χ3n) is 4.06. The van der Waals surface area contributed by atoms with Crippen molar-refractivity contribution in [2.75, 3.05) is 5.32 Å². The van der Waals surface area contributed by atoms with Crippen molar-refractivity contribution in [3.8, 4) is 5.75 Å². The Morgan fingerprint density at radius 2 is 1.73 bits per heavy atom. The smallest absolute Gasteiger partial charge is 0.329 e. The minimum absolute atomic E-state index is 0.290. The summed E-state index contributed by atoms with van der Waals surface area (Å²) >= 11 is 0. The average Bonchev–Trinajstić information content (AvgIpc) is 2.74. The molecule has 6 nitrogen and oxygen atoms in total. The summed E-state index contributed by atoms with van der Waals surface area (Å²) in [5, 5.41) is 6.30. The van der Waals surface area contributed by atoms with Crippen molar-refractivity contribution in [1.29, 1.82) is 0 Å². The SMILES string of the molecule is Cc1cccc(NC(=O)C(=O)N/N=C\c2ccc(OCc3ccc(F)cc3)cc2)c1. The number of benzene rings is 3. The predicted octanol–water partition coefficient (Wildman–Crippen LogP) is 3.80. The largest absolute Gasteiger partial charge is 0.489 e. The first kappa shape index (κ1) is 20.7. The van der Waals surface area contributed by atoms with Crippen molar-refractivity contribution in [2.24, 2.45) is 5.10 Å². The van der Waals surface area contributed by atoms with E-state index in [0.29, 0.717) is 23.6 Å². The van der Waals surface area contributed by atoms with Gasteiger partial charge in [0.05, 0.1) is 6.21 Å². The highest BCUT2D eigenvalue weighted by atomic mass is 19.1. The van der Waals surface area contributed by atoms with Crippen LogP contribution in [0.4, 0.5) is 10.1 Å². The summed E-state index contributed by atoms with van der Waals surface area (Å²) in [5.74, 6) is -1.32. The van der Waals surface area contributed by atoms with Gasteiger partial charge in [-0.3, -0.25) is 9.59 Å². The summed E-state index contributed by atoms with van der Waals surface area (Å²) in [6.45, 7) is 2.21. The number of rotatable bonds is 6. The van der Waals surface area contributed by atoms with E-state index in [9.17, 15) is 14.0 Å². The number of carbonyl (C=O) groups is 2. The lowest BCUT2D eigenvalue weighted by Crippen LogP contribution is -2.32. The molecule has 3 rings (SSSR count). The van der Waals surface area contributed by atoms with E-state index in [2.05, 4.69) is 15.8 Å². The lowest BCUT2D eigenvalue weighted by Gasteiger charge is -2.06. The number of anilines is 1. The number of aryl methyl sites for hydroxylation is 1. The van der Waals surface area contributed by atoms with E-state index in [4.69, 9.17) is 4.74 Å². The topological polar surface area (TPSA) is 79.8 Å². The van der Waals surface area contributed by atoms with Crippen LogP contribution >= 0.6 is 0 Å². The molecule has 3 aromatic carbocycles. The van der Waals surface area contributed by atoms with Gasteiger partial charge < -0.3 is 10.1 Å². The number of nitrogens with one attached hydrogen (secondary N) is 2. The maximum absolute atomic E-state index is 12.9. The predicted molar refractivity (Wildman–Crippen MR) is 113 cm³/mol. The van der Waals surface area contributed by atoms with Gasteiger partial charge in [0.1, 0.15) is 18.2 Å². The first-order valence-corrected chi connectivity index (χ1v) is 9.18. The zero-order valence-corrected chi connectivity index (χ0v) is 16.3. The van der Waals surface area contributed by atoms with Crippen LogP contribution in [0.25, 0.3) is 0 Å². The van der Waals surface area contributed by atoms with Crippen LogP contribution < -0.4 is 15.5 Å². The number of ether oxygens (including phenoxy) is 1. The van der Waals surface area contributed by atoms with E-state index in [1.165, 1.54) is 18.3 Å². The van der Waals surface area contributed by atoms with E-state index in [1.807, 2.05) is 13.0 Å². The molecule has 0 saturated heterocycles. The number of nitrogens with zero attached hydrogens (tertiary/aromatic N) is 1. The molecule has 0 radical (unpaired) electrons. The van der Waals surface area contributed by atoms with E-state index in [-0.39, 0.29) is 5.82 Å². The maximum atomic E-state index is 12.9. The minimum Gasteiger partial charge on any atom is -0.489 e. The molecule has 0 aliphatic carbocycles. The van der Waals surface area contributed by atoms with Gasteiger partial charge in [0.2, 0.25) is 0 Å². The second kappa shape index (κ2) is 9.97. The molecule has 7 heteroatoms. The van der Waals surface area contributed by atoms with Crippen molar-refractivity contribution >= 4 is 23.7 Å². The molecule has 0 aliphatic rings. The Kier molecular flexibility index (Phi) is 6.89. The molecule has 0 aliphatic heterocycles. The fraction of sp³-hybridized carbons (Fsp3) is 0.0870. The Balaban J connectivity index is 1.46. The molecule has 0 atom stereocenters. The standard InChI is InChI=1S/C23H20FN3O3/c1-16-3-2-4-20(13-16)26-22(28)23(29)27-25-14-17-7-11-21(12-8-17)30-15-18-5-9-19(24)10-6-18/h2-14H,15H2,1H3,(H,26,28)(H,27,29)/b25-14-. The van der Waals surface area contributed by atoms with Crippen molar-refractivity contribution in [3.63, 3.8) is 0 Å². The summed E-state index contributed by atoms with van der Waals surface area (Å²) in [6, 6.07) is 20.2. The Morgan fingerprint density at radius 1 is 1.00 bits per heavy atom. The van der Waals surface area contributed by atoms with Crippen LogP contribution in [0.2, 0.25) is 0 Å². The fourth-order valence-corrected chi connectivity index (χ4v) is 2.52. The van der Waals surface area contributed by atoms with Gasteiger partial charge in [-0.15, -0.1) is 0 Å². The Labute approximate surface area is 173 Å². The summed E-state index contributed by atoms with van der Waals surface area (Å²) in [6.07, 6.45) is 1.42. The van der Waals surface area contributed by atoms with Crippen molar-refractivity contribution in [2.45, 2.75) is 13.5 Å². The number of carbonyl (C=O) groups excluding carboxylic acids is 2. The lowest BCUT2D eigenvalue weighted by molar-refractivity contribution is -0.136. The van der Waals surface area contributed by atoms with Crippen LogP contribution in [0.3, 0.4) is 0 Å². The normalized spacial score (nSPS) is 10.6. The van der Waals surface area contributed by atoms with Crippen molar-refractivity contribution in [1.82, 2.24) is 5.43 Å². The Bertz CT molecular complexity index is 1050. The quantitative estimate of drug-likeness (QED) is 0.372. The van der Waals surface area contributed by atoms with E-state index >= 15 is 0 Å². The second-order valence-electron chi connectivity index (χ2n) is 6.51. The number of hydrazone groups is 1. The Morgan fingerprint density at radius 3 is 2.43 bits per heavy atom. The first-order valence-electron chi connectivity index (χ1n) is 9.18.